The summed E-state index contributed by atoms with van der Waals surface area (Å²) >= 11 is 9.89. The highest BCUT2D eigenvalue weighted by Gasteiger charge is 2.25. The van der Waals surface area contributed by atoms with Crippen molar-refractivity contribution >= 4 is 27.5 Å². The van der Waals surface area contributed by atoms with E-state index in [1.807, 2.05) is 0 Å². The maximum atomic E-state index is 6.18. The number of hydrogen-bond acceptors (Lipinski definition) is 1. The van der Waals surface area contributed by atoms with Crippen LogP contribution >= 0.6 is 27.5 Å². The van der Waals surface area contributed by atoms with Crippen molar-refractivity contribution in [2.45, 2.75) is 36.9 Å². The maximum Gasteiger partial charge on any atom is 0.125 e. The summed E-state index contributed by atoms with van der Waals surface area (Å²) in [5.74, 6) is 1.90. The second-order valence-electron chi connectivity index (χ2n) is 5.13. The first kappa shape index (κ1) is 11.9. The van der Waals surface area contributed by atoms with Crippen molar-refractivity contribution in [1.29, 1.82) is 0 Å². The molecule has 1 saturated carbocycles. The van der Waals surface area contributed by atoms with Crippen molar-refractivity contribution < 1.29 is 4.74 Å². The SMILES string of the molecule is Clc1cc2c(c(CC3CCC(Br)C3)c1)OCC2. The summed E-state index contributed by atoms with van der Waals surface area (Å²) in [6.07, 6.45) is 6.02. The van der Waals surface area contributed by atoms with Crippen LogP contribution in [0.2, 0.25) is 5.02 Å². The van der Waals surface area contributed by atoms with Crippen LogP contribution in [0.4, 0.5) is 0 Å². The molecule has 0 bridgehead atoms. The first-order valence-electron chi connectivity index (χ1n) is 6.30. The Morgan fingerprint density at radius 1 is 1.35 bits per heavy atom. The van der Waals surface area contributed by atoms with E-state index in [2.05, 4.69) is 28.1 Å². The molecule has 0 N–H and O–H groups in total. The molecule has 1 aromatic carbocycles. The summed E-state index contributed by atoms with van der Waals surface area (Å²) in [5, 5.41) is 0.859. The molecule has 0 amide bonds. The molecule has 1 heterocycles. The number of ether oxygens (including phenoxy) is 1. The fourth-order valence-electron chi connectivity index (χ4n) is 3.01. The third kappa shape index (κ3) is 2.48. The smallest absolute Gasteiger partial charge is 0.125 e. The molecule has 0 radical (unpaired) electrons. The molecule has 17 heavy (non-hydrogen) atoms. The van der Waals surface area contributed by atoms with Gasteiger partial charge >= 0.3 is 0 Å². The Kier molecular flexibility index (Phi) is 3.36. The maximum absolute atomic E-state index is 6.18. The summed E-state index contributed by atoms with van der Waals surface area (Å²) in [4.78, 5) is 0.709. The fourth-order valence-corrected chi connectivity index (χ4v) is 4.06. The largest absolute Gasteiger partial charge is 0.493 e. The van der Waals surface area contributed by atoms with E-state index in [4.69, 9.17) is 16.3 Å². The molecule has 1 fully saturated rings. The van der Waals surface area contributed by atoms with Crippen molar-refractivity contribution in [2.75, 3.05) is 6.61 Å². The zero-order valence-electron chi connectivity index (χ0n) is 9.72. The van der Waals surface area contributed by atoms with Crippen molar-refractivity contribution in [3.63, 3.8) is 0 Å². The molecule has 3 rings (SSSR count). The van der Waals surface area contributed by atoms with Gasteiger partial charge in [0, 0.05) is 16.3 Å². The molecular weight excluding hydrogens is 300 g/mol. The zero-order chi connectivity index (χ0) is 11.8. The molecule has 2 atom stereocenters. The fraction of sp³-hybridized carbons (Fsp3) is 0.571. The third-order valence-electron chi connectivity index (χ3n) is 3.81. The van der Waals surface area contributed by atoms with Crippen LogP contribution in [0.15, 0.2) is 12.1 Å². The van der Waals surface area contributed by atoms with Crippen LogP contribution in [0.5, 0.6) is 5.75 Å². The lowest BCUT2D eigenvalue weighted by molar-refractivity contribution is 0.351. The van der Waals surface area contributed by atoms with E-state index in [1.54, 1.807) is 0 Å². The molecule has 0 saturated heterocycles. The molecule has 2 aliphatic rings. The minimum absolute atomic E-state index is 0.709. The Balaban J connectivity index is 1.83. The van der Waals surface area contributed by atoms with Gasteiger partial charge in [-0.15, -0.1) is 0 Å². The van der Waals surface area contributed by atoms with E-state index in [-0.39, 0.29) is 0 Å². The van der Waals surface area contributed by atoms with Gasteiger partial charge in [0.1, 0.15) is 5.75 Å². The third-order valence-corrected chi connectivity index (χ3v) is 4.86. The predicted octanol–water partition coefficient (Wildman–Crippen LogP) is 4.38. The molecule has 3 heteroatoms. The first-order chi connectivity index (χ1) is 8.22. The number of benzene rings is 1. The lowest BCUT2D eigenvalue weighted by atomic mass is 9.96. The minimum Gasteiger partial charge on any atom is -0.493 e. The van der Waals surface area contributed by atoms with E-state index in [0.717, 1.165) is 36.1 Å². The Bertz CT molecular complexity index is 432. The quantitative estimate of drug-likeness (QED) is 0.736. The average Bonchev–Trinajstić information content (AvgIpc) is 2.87. The number of hydrogen-bond donors (Lipinski definition) is 0. The van der Waals surface area contributed by atoms with E-state index in [0.29, 0.717) is 4.83 Å². The highest BCUT2D eigenvalue weighted by atomic mass is 79.9. The van der Waals surface area contributed by atoms with Crippen molar-refractivity contribution in [3.05, 3.63) is 28.3 Å². The average molecular weight is 316 g/mol. The van der Waals surface area contributed by atoms with Crippen LogP contribution in [-0.2, 0) is 12.8 Å². The van der Waals surface area contributed by atoms with Gasteiger partial charge in [0.2, 0.25) is 0 Å². The van der Waals surface area contributed by atoms with E-state index in [9.17, 15) is 0 Å². The molecule has 1 aliphatic heterocycles. The van der Waals surface area contributed by atoms with Gasteiger partial charge in [0.15, 0.2) is 0 Å². The number of rotatable bonds is 2. The second-order valence-corrected chi connectivity index (χ2v) is 6.86. The van der Waals surface area contributed by atoms with E-state index < -0.39 is 0 Å². The first-order valence-corrected chi connectivity index (χ1v) is 7.60. The molecular formula is C14H16BrClO. The Morgan fingerprint density at radius 3 is 3.00 bits per heavy atom. The summed E-state index contributed by atoms with van der Waals surface area (Å²) in [5.41, 5.74) is 2.61. The van der Waals surface area contributed by atoms with Crippen LogP contribution in [0, 0.1) is 5.92 Å². The number of alkyl halides is 1. The Labute approximate surface area is 116 Å². The molecule has 92 valence electrons. The van der Waals surface area contributed by atoms with Gasteiger partial charge in [-0.25, -0.2) is 0 Å². The molecule has 1 nitrogen and oxygen atoms in total. The van der Waals surface area contributed by atoms with Crippen LogP contribution < -0.4 is 4.74 Å². The summed E-state index contributed by atoms with van der Waals surface area (Å²) in [6.45, 7) is 0.814. The lowest BCUT2D eigenvalue weighted by Crippen LogP contribution is -2.02. The molecule has 1 aliphatic carbocycles. The van der Waals surface area contributed by atoms with Crippen molar-refractivity contribution in [2.24, 2.45) is 5.92 Å². The van der Waals surface area contributed by atoms with Gasteiger partial charge in [0.25, 0.3) is 0 Å². The van der Waals surface area contributed by atoms with Gasteiger partial charge in [-0.2, -0.15) is 0 Å². The second kappa shape index (κ2) is 4.81. The van der Waals surface area contributed by atoms with Crippen molar-refractivity contribution in [1.82, 2.24) is 0 Å². The Hall–Kier alpha value is -0.210. The predicted molar refractivity (Wildman–Crippen MR) is 74.4 cm³/mol. The monoisotopic (exact) mass is 314 g/mol. The van der Waals surface area contributed by atoms with Gasteiger partial charge < -0.3 is 4.74 Å². The van der Waals surface area contributed by atoms with Gasteiger partial charge in [0.05, 0.1) is 6.61 Å². The highest BCUT2D eigenvalue weighted by molar-refractivity contribution is 9.09. The zero-order valence-corrected chi connectivity index (χ0v) is 12.1. The Morgan fingerprint density at radius 2 is 2.24 bits per heavy atom. The molecule has 0 spiro atoms. The van der Waals surface area contributed by atoms with Crippen LogP contribution in [0.25, 0.3) is 0 Å². The van der Waals surface area contributed by atoms with Gasteiger partial charge in [-0.05, 0) is 54.9 Å². The van der Waals surface area contributed by atoms with Crippen LogP contribution in [0.3, 0.4) is 0 Å². The summed E-state index contributed by atoms with van der Waals surface area (Å²) in [7, 11) is 0. The topological polar surface area (TPSA) is 9.23 Å². The van der Waals surface area contributed by atoms with Gasteiger partial charge in [-0.1, -0.05) is 27.5 Å². The summed E-state index contributed by atoms with van der Waals surface area (Å²) < 4.78 is 5.75. The normalized spacial score (nSPS) is 26.9. The van der Waals surface area contributed by atoms with Crippen LogP contribution in [0.1, 0.15) is 30.4 Å². The standard InChI is InChI=1S/C14H16BrClO/c15-12-2-1-9(6-12)5-11-8-13(16)7-10-3-4-17-14(10)11/h7-9,12H,1-6H2. The van der Waals surface area contributed by atoms with Crippen LogP contribution in [-0.4, -0.2) is 11.4 Å². The molecule has 1 aromatic rings. The number of fused-ring (bicyclic) bond motifs is 1. The van der Waals surface area contributed by atoms with E-state index in [1.165, 1.54) is 30.4 Å². The number of halogens is 2. The van der Waals surface area contributed by atoms with E-state index >= 15 is 0 Å². The van der Waals surface area contributed by atoms with Gasteiger partial charge in [-0.3, -0.25) is 0 Å². The highest BCUT2D eigenvalue weighted by Crippen LogP contribution is 2.38. The summed E-state index contributed by atoms with van der Waals surface area (Å²) in [6, 6.07) is 4.14. The molecule has 2 unspecified atom stereocenters. The van der Waals surface area contributed by atoms with Crippen molar-refractivity contribution in [3.8, 4) is 5.75 Å². The lowest BCUT2D eigenvalue weighted by Gasteiger charge is -2.13. The minimum atomic E-state index is 0.709. The molecule has 0 aromatic heterocycles.